The molecule has 2 atom stereocenters. The van der Waals surface area contributed by atoms with Gasteiger partial charge in [-0.2, -0.15) is 4.31 Å². The topological polar surface area (TPSA) is 82.9 Å². The molecule has 0 radical (unpaired) electrons. The van der Waals surface area contributed by atoms with Gasteiger partial charge in [0.05, 0.1) is 18.5 Å². The SMILES string of the molecule is CN1CC2CCC(C(=O)NCc3ccco3)N2c2ccccc2S1(=O)=O. The Morgan fingerprint density at radius 2 is 2.04 bits per heavy atom. The highest BCUT2D eigenvalue weighted by atomic mass is 32.2. The van der Waals surface area contributed by atoms with Crippen LogP contribution in [0.5, 0.6) is 0 Å². The number of nitrogens with one attached hydrogen (secondary N) is 1. The van der Waals surface area contributed by atoms with E-state index in [-0.39, 0.29) is 16.8 Å². The number of hydrogen-bond donors (Lipinski definition) is 1. The van der Waals surface area contributed by atoms with E-state index >= 15 is 0 Å². The quantitative estimate of drug-likeness (QED) is 0.880. The van der Waals surface area contributed by atoms with Gasteiger partial charge in [-0.05, 0) is 37.1 Å². The summed E-state index contributed by atoms with van der Waals surface area (Å²) in [5.74, 6) is 0.576. The lowest BCUT2D eigenvalue weighted by molar-refractivity contribution is -0.122. The van der Waals surface area contributed by atoms with E-state index in [0.29, 0.717) is 31.0 Å². The van der Waals surface area contributed by atoms with Crippen LogP contribution in [0, 0.1) is 0 Å². The van der Waals surface area contributed by atoms with Crippen LogP contribution in [0.3, 0.4) is 0 Å². The zero-order valence-corrected chi connectivity index (χ0v) is 15.3. The zero-order chi connectivity index (χ0) is 18.3. The molecule has 0 aliphatic carbocycles. The van der Waals surface area contributed by atoms with Gasteiger partial charge in [-0.3, -0.25) is 4.79 Å². The van der Waals surface area contributed by atoms with E-state index in [1.165, 1.54) is 4.31 Å². The maximum atomic E-state index is 12.8. The van der Waals surface area contributed by atoms with E-state index in [1.807, 2.05) is 11.0 Å². The van der Waals surface area contributed by atoms with Gasteiger partial charge in [-0.25, -0.2) is 8.42 Å². The van der Waals surface area contributed by atoms with Crippen molar-refractivity contribution in [1.82, 2.24) is 9.62 Å². The van der Waals surface area contributed by atoms with E-state index in [1.54, 1.807) is 43.6 Å². The van der Waals surface area contributed by atoms with Crippen molar-refractivity contribution in [2.24, 2.45) is 0 Å². The zero-order valence-electron chi connectivity index (χ0n) is 14.5. The number of carbonyl (C=O) groups excluding carboxylic acids is 1. The van der Waals surface area contributed by atoms with Gasteiger partial charge in [0.15, 0.2) is 0 Å². The van der Waals surface area contributed by atoms with Gasteiger partial charge >= 0.3 is 0 Å². The van der Waals surface area contributed by atoms with E-state index in [4.69, 9.17) is 4.42 Å². The number of likely N-dealkylation sites (N-methyl/N-ethyl adjacent to an activating group) is 1. The Hall–Kier alpha value is -2.32. The van der Waals surface area contributed by atoms with Crippen LogP contribution in [0.1, 0.15) is 18.6 Å². The number of amides is 1. The van der Waals surface area contributed by atoms with E-state index in [0.717, 1.165) is 6.42 Å². The lowest BCUT2D eigenvalue weighted by atomic mass is 10.2. The number of hydrogen-bond acceptors (Lipinski definition) is 5. The first-order valence-corrected chi connectivity index (χ1v) is 10.1. The van der Waals surface area contributed by atoms with E-state index < -0.39 is 16.1 Å². The Kier molecular flexibility index (Phi) is 4.24. The summed E-state index contributed by atoms with van der Waals surface area (Å²) in [6.45, 7) is 0.694. The van der Waals surface area contributed by atoms with Crippen molar-refractivity contribution >= 4 is 21.6 Å². The van der Waals surface area contributed by atoms with Crippen molar-refractivity contribution in [3.8, 4) is 0 Å². The number of fused-ring (bicyclic) bond motifs is 3. The molecule has 1 aromatic carbocycles. The minimum absolute atomic E-state index is 0.0159. The Labute approximate surface area is 152 Å². The molecule has 0 spiro atoms. The molecule has 138 valence electrons. The van der Waals surface area contributed by atoms with Gasteiger partial charge in [0.1, 0.15) is 16.7 Å². The largest absolute Gasteiger partial charge is 0.467 e. The number of benzene rings is 1. The van der Waals surface area contributed by atoms with Crippen LogP contribution in [0.25, 0.3) is 0 Å². The molecule has 1 amide bonds. The van der Waals surface area contributed by atoms with Crippen LogP contribution < -0.4 is 10.2 Å². The summed E-state index contributed by atoms with van der Waals surface area (Å²) in [6.07, 6.45) is 3.03. The third kappa shape index (κ3) is 2.79. The summed E-state index contributed by atoms with van der Waals surface area (Å²) in [5, 5.41) is 2.91. The highest BCUT2D eigenvalue weighted by Crippen LogP contribution is 2.39. The maximum absolute atomic E-state index is 12.8. The molecule has 1 saturated heterocycles. The first-order chi connectivity index (χ1) is 12.5. The fraction of sp³-hybridized carbons (Fsp3) is 0.389. The molecule has 2 aliphatic heterocycles. The van der Waals surface area contributed by atoms with Crippen LogP contribution in [-0.2, 0) is 21.4 Å². The lowest BCUT2D eigenvalue weighted by Crippen LogP contribution is -2.47. The number of nitrogens with zero attached hydrogens (tertiary/aromatic N) is 2. The summed E-state index contributed by atoms with van der Waals surface area (Å²) >= 11 is 0. The fourth-order valence-corrected chi connectivity index (χ4v) is 5.23. The minimum atomic E-state index is -3.55. The number of para-hydroxylation sites is 1. The van der Waals surface area contributed by atoms with Crippen LogP contribution in [0.4, 0.5) is 5.69 Å². The number of anilines is 1. The Bertz CT molecular complexity index is 910. The van der Waals surface area contributed by atoms with Gasteiger partial charge in [-0.15, -0.1) is 0 Å². The molecule has 7 nitrogen and oxygen atoms in total. The predicted molar refractivity (Wildman–Crippen MR) is 96.1 cm³/mol. The Balaban J connectivity index is 1.65. The van der Waals surface area contributed by atoms with Crippen molar-refractivity contribution in [3.05, 3.63) is 48.4 Å². The Morgan fingerprint density at radius 3 is 2.81 bits per heavy atom. The van der Waals surface area contributed by atoms with Crippen molar-refractivity contribution in [1.29, 1.82) is 0 Å². The number of carbonyl (C=O) groups is 1. The van der Waals surface area contributed by atoms with E-state index in [9.17, 15) is 13.2 Å². The van der Waals surface area contributed by atoms with Crippen LogP contribution in [0.2, 0.25) is 0 Å². The molecule has 2 unspecified atom stereocenters. The fourth-order valence-electron chi connectivity index (χ4n) is 3.84. The molecule has 2 aliphatic rings. The first-order valence-electron chi connectivity index (χ1n) is 8.62. The molecule has 0 bridgehead atoms. The number of sulfonamides is 1. The van der Waals surface area contributed by atoms with Crippen molar-refractivity contribution in [2.75, 3.05) is 18.5 Å². The van der Waals surface area contributed by atoms with Crippen LogP contribution in [0.15, 0.2) is 52.0 Å². The molecule has 4 rings (SSSR count). The molecular weight excluding hydrogens is 354 g/mol. The average molecular weight is 375 g/mol. The van der Waals surface area contributed by atoms with Gasteiger partial charge < -0.3 is 14.6 Å². The van der Waals surface area contributed by atoms with Crippen LogP contribution in [-0.4, -0.2) is 44.3 Å². The summed E-state index contributed by atoms with van der Waals surface area (Å²) in [5.41, 5.74) is 0.609. The molecule has 0 saturated carbocycles. The van der Waals surface area contributed by atoms with Crippen LogP contribution >= 0.6 is 0 Å². The highest BCUT2D eigenvalue weighted by molar-refractivity contribution is 7.89. The highest BCUT2D eigenvalue weighted by Gasteiger charge is 2.44. The van der Waals surface area contributed by atoms with E-state index in [2.05, 4.69) is 5.32 Å². The summed E-state index contributed by atoms with van der Waals surface area (Å²) in [6, 6.07) is 10.1. The summed E-state index contributed by atoms with van der Waals surface area (Å²) < 4.78 is 32.2. The van der Waals surface area contributed by atoms with Gasteiger partial charge in [0.2, 0.25) is 15.9 Å². The normalized spacial score (nSPS) is 24.6. The second-order valence-electron chi connectivity index (χ2n) is 6.70. The molecule has 1 aromatic heterocycles. The smallest absolute Gasteiger partial charge is 0.244 e. The van der Waals surface area contributed by atoms with Crippen molar-refractivity contribution in [2.45, 2.75) is 36.4 Å². The van der Waals surface area contributed by atoms with Gasteiger partial charge in [0.25, 0.3) is 0 Å². The molecule has 26 heavy (non-hydrogen) atoms. The molecule has 1 N–H and O–H groups in total. The second-order valence-corrected chi connectivity index (χ2v) is 8.72. The van der Waals surface area contributed by atoms with Crippen molar-refractivity contribution in [3.63, 3.8) is 0 Å². The molecule has 2 aromatic rings. The number of furan rings is 1. The molecule has 1 fully saturated rings. The van der Waals surface area contributed by atoms with Gasteiger partial charge in [0, 0.05) is 19.6 Å². The molecular formula is C18H21N3O4S. The molecule has 8 heteroatoms. The third-order valence-corrected chi connectivity index (χ3v) is 6.99. The summed E-state index contributed by atoms with van der Waals surface area (Å²) in [7, 11) is -1.95. The third-order valence-electron chi connectivity index (χ3n) is 5.12. The second kappa shape index (κ2) is 6.44. The predicted octanol–water partition coefficient (Wildman–Crippen LogP) is 1.57. The minimum Gasteiger partial charge on any atom is -0.467 e. The monoisotopic (exact) mass is 375 g/mol. The average Bonchev–Trinajstić information content (AvgIpc) is 3.27. The van der Waals surface area contributed by atoms with Gasteiger partial charge in [-0.1, -0.05) is 12.1 Å². The van der Waals surface area contributed by atoms with Crippen molar-refractivity contribution < 1.29 is 17.6 Å². The standard InChI is InChI=1S/C18H21N3O4S/c1-20-12-13-8-9-16(18(22)19-11-14-5-4-10-25-14)21(13)15-6-2-3-7-17(15)26(20,23)24/h2-7,10,13,16H,8-9,11-12H2,1H3,(H,19,22). The Morgan fingerprint density at radius 1 is 1.23 bits per heavy atom. The first kappa shape index (κ1) is 17.1. The lowest BCUT2D eigenvalue weighted by Gasteiger charge is -2.30. The number of rotatable bonds is 3. The summed E-state index contributed by atoms with van der Waals surface area (Å²) in [4.78, 5) is 15.0. The molecule has 3 heterocycles. The maximum Gasteiger partial charge on any atom is 0.244 e.